The smallest absolute Gasteiger partial charge is 0.128 e. The van der Waals surface area contributed by atoms with Crippen molar-refractivity contribution >= 4 is 17.0 Å². The van der Waals surface area contributed by atoms with Gasteiger partial charge in [-0.2, -0.15) is 11.3 Å². The fraction of sp³-hybridized carbons (Fsp3) is 0.231. The summed E-state index contributed by atoms with van der Waals surface area (Å²) >= 11 is 1.67. The Hall–Kier alpha value is -1.35. The summed E-state index contributed by atoms with van der Waals surface area (Å²) < 4.78 is 13.5. The van der Waals surface area contributed by atoms with Crippen LogP contribution in [0.1, 0.15) is 18.1 Å². The number of benzene rings is 1. The molecule has 0 fully saturated rings. The van der Waals surface area contributed by atoms with Gasteiger partial charge in [0.15, 0.2) is 0 Å². The highest BCUT2D eigenvalue weighted by molar-refractivity contribution is 7.07. The number of rotatable bonds is 4. The molecule has 16 heavy (non-hydrogen) atoms. The van der Waals surface area contributed by atoms with Crippen LogP contribution in [0.5, 0.6) is 0 Å². The van der Waals surface area contributed by atoms with Crippen molar-refractivity contribution in [3.8, 4) is 0 Å². The molecule has 0 bridgehead atoms. The lowest BCUT2D eigenvalue weighted by molar-refractivity contribution is 0.612. The molecule has 1 N–H and O–H groups in total. The van der Waals surface area contributed by atoms with Crippen LogP contribution in [-0.2, 0) is 13.0 Å². The molecule has 0 aliphatic heterocycles. The minimum atomic E-state index is -0.127. The third-order valence-corrected chi connectivity index (χ3v) is 3.24. The molecule has 0 aliphatic rings. The predicted octanol–water partition coefficient (Wildman–Crippen LogP) is 4.06. The summed E-state index contributed by atoms with van der Waals surface area (Å²) in [5, 5.41) is 7.33. The Morgan fingerprint density at radius 3 is 2.81 bits per heavy atom. The Labute approximate surface area is 98.9 Å². The molecule has 0 unspecified atom stereocenters. The number of hydrogen-bond donors (Lipinski definition) is 1. The van der Waals surface area contributed by atoms with E-state index in [0.29, 0.717) is 0 Å². The highest BCUT2D eigenvalue weighted by atomic mass is 32.1. The second kappa shape index (κ2) is 5.12. The molecule has 3 heteroatoms. The van der Waals surface area contributed by atoms with E-state index in [4.69, 9.17) is 0 Å². The van der Waals surface area contributed by atoms with Gasteiger partial charge in [-0.05, 0) is 46.5 Å². The van der Waals surface area contributed by atoms with Crippen LogP contribution in [0.3, 0.4) is 0 Å². The largest absolute Gasteiger partial charge is 0.381 e. The second-order valence-corrected chi connectivity index (χ2v) is 4.42. The number of halogens is 1. The van der Waals surface area contributed by atoms with Crippen LogP contribution < -0.4 is 5.32 Å². The Balaban J connectivity index is 2.02. The molecule has 0 amide bonds. The van der Waals surface area contributed by atoms with E-state index in [0.717, 1.165) is 24.2 Å². The van der Waals surface area contributed by atoms with Gasteiger partial charge in [-0.3, -0.25) is 0 Å². The summed E-state index contributed by atoms with van der Waals surface area (Å²) in [5.74, 6) is -0.127. The van der Waals surface area contributed by atoms with Crippen LogP contribution in [0.2, 0.25) is 0 Å². The number of nitrogens with one attached hydrogen (secondary N) is 1. The lowest BCUT2D eigenvalue weighted by Crippen LogP contribution is -1.99. The summed E-state index contributed by atoms with van der Waals surface area (Å²) in [6.07, 6.45) is 0.733. The van der Waals surface area contributed by atoms with Gasteiger partial charge in [0.05, 0.1) is 0 Å². The molecule has 0 aliphatic carbocycles. The summed E-state index contributed by atoms with van der Waals surface area (Å²) in [6, 6.07) is 7.39. The molecule has 0 spiro atoms. The first-order valence-corrected chi connectivity index (χ1v) is 6.27. The maximum atomic E-state index is 13.5. The number of hydrogen-bond acceptors (Lipinski definition) is 2. The van der Waals surface area contributed by atoms with Crippen molar-refractivity contribution in [3.63, 3.8) is 0 Å². The highest BCUT2D eigenvalue weighted by Gasteiger charge is 2.01. The van der Waals surface area contributed by atoms with Gasteiger partial charge in [-0.1, -0.05) is 13.0 Å². The molecule has 84 valence electrons. The van der Waals surface area contributed by atoms with Gasteiger partial charge in [-0.15, -0.1) is 0 Å². The van der Waals surface area contributed by atoms with E-state index >= 15 is 0 Å². The molecule has 1 aromatic carbocycles. The summed E-state index contributed by atoms with van der Waals surface area (Å²) in [4.78, 5) is 0. The Morgan fingerprint density at radius 1 is 1.31 bits per heavy atom. The fourth-order valence-electron chi connectivity index (χ4n) is 1.54. The van der Waals surface area contributed by atoms with Gasteiger partial charge in [0.2, 0.25) is 0 Å². The first-order chi connectivity index (χ1) is 7.79. The maximum Gasteiger partial charge on any atom is 0.128 e. The van der Waals surface area contributed by atoms with Crippen LogP contribution in [0.4, 0.5) is 10.1 Å². The fourth-order valence-corrected chi connectivity index (χ4v) is 2.21. The minimum Gasteiger partial charge on any atom is -0.381 e. The van der Waals surface area contributed by atoms with Crippen molar-refractivity contribution in [2.24, 2.45) is 0 Å². The van der Waals surface area contributed by atoms with Crippen molar-refractivity contribution in [1.29, 1.82) is 0 Å². The average Bonchev–Trinajstić information content (AvgIpc) is 2.79. The molecule has 0 saturated carbocycles. The van der Waals surface area contributed by atoms with E-state index in [1.807, 2.05) is 24.4 Å². The van der Waals surface area contributed by atoms with Crippen molar-refractivity contribution in [2.75, 3.05) is 5.32 Å². The van der Waals surface area contributed by atoms with Crippen LogP contribution in [0.15, 0.2) is 35.0 Å². The molecule has 1 aromatic heterocycles. The minimum absolute atomic E-state index is 0.127. The van der Waals surface area contributed by atoms with Crippen molar-refractivity contribution in [3.05, 3.63) is 52.0 Å². The highest BCUT2D eigenvalue weighted by Crippen LogP contribution is 2.16. The maximum absolute atomic E-state index is 13.5. The van der Waals surface area contributed by atoms with E-state index in [9.17, 15) is 4.39 Å². The first-order valence-electron chi connectivity index (χ1n) is 5.33. The van der Waals surface area contributed by atoms with E-state index in [2.05, 4.69) is 16.8 Å². The number of anilines is 1. The van der Waals surface area contributed by atoms with Gasteiger partial charge in [-0.25, -0.2) is 4.39 Å². The van der Waals surface area contributed by atoms with Crippen LogP contribution >= 0.6 is 11.3 Å². The lowest BCUT2D eigenvalue weighted by atomic mass is 10.1. The van der Waals surface area contributed by atoms with Crippen LogP contribution in [-0.4, -0.2) is 0 Å². The van der Waals surface area contributed by atoms with E-state index in [1.165, 1.54) is 5.56 Å². The Morgan fingerprint density at radius 2 is 2.19 bits per heavy atom. The topological polar surface area (TPSA) is 12.0 Å². The normalized spacial score (nSPS) is 10.4. The zero-order valence-corrected chi connectivity index (χ0v) is 9.98. The second-order valence-electron chi connectivity index (χ2n) is 3.64. The molecule has 0 atom stereocenters. The molecular weight excluding hydrogens is 221 g/mol. The summed E-state index contributed by atoms with van der Waals surface area (Å²) in [7, 11) is 0. The quantitative estimate of drug-likeness (QED) is 0.842. The summed E-state index contributed by atoms with van der Waals surface area (Å²) in [5.41, 5.74) is 2.83. The van der Waals surface area contributed by atoms with Gasteiger partial charge >= 0.3 is 0 Å². The van der Waals surface area contributed by atoms with Crippen LogP contribution in [0.25, 0.3) is 0 Å². The van der Waals surface area contributed by atoms with Crippen molar-refractivity contribution < 1.29 is 4.39 Å². The zero-order valence-electron chi connectivity index (χ0n) is 9.16. The Bertz CT molecular complexity index is 451. The molecular formula is C13H14FNS. The third kappa shape index (κ3) is 2.61. The van der Waals surface area contributed by atoms with Gasteiger partial charge < -0.3 is 5.32 Å². The van der Waals surface area contributed by atoms with Gasteiger partial charge in [0.25, 0.3) is 0 Å². The standard InChI is InChI=1S/C13H14FNS/c1-2-11-3-4-12(7-13(11)14)15-8-10-5-6-16-9-10/h3-7,9,15H,2,8H2,1H3. The van der Waals surface area contributed by atoms with Gasteiger partial charge in [0, 0.05) is 12.2 Å². The molecule has 1 heterocycles. The van der Waals surface area contributed by atoms with E-state index in [-0.39, 0.29) is 5.82 Å². The van der Waals surface area contributed by atoms with Gasteiger partial charge in [0.1, 0.15) is 5.82 Å². The monoisotopic (exact) mass is 235 g/mol. The molecule has 1 nitrogen and oxygen atoms in total. The van der Waals surface area contributed by atoms with E-state index in [1.54, 1.807) is 17.4 Å². The number of aryl methyl sites for hydroxylation is 1. The predicted molar refractivity (Wildman–Crippen MR) is 67.4 cm³/mol. The first kappa shape index (κ1) is 11.1. The lowest BCUT2D eigenvalue weighted by Gasteiger charge is -2.07. The summed E-state index contributed by atoms with van der Waals surface area (Å²) in [6.45, 7) is 2.70. The molecule has 2 aromatic rings. The van der Waals surface area contributed by atoms with Crippen molar-refractivity contribution in [2.45, 2.75) is 19.9 Å². The molecule has 0 radical (unpaired) electrons. The Kier molecular flexibility index (Phi) is 3.57. The molecule has 2 rings (SSSR count). The van der Waals surface area contributed by atoms with Crippen molar-refractivity contribution in [1.82, 2.24) is 0 Å². The molecule has 0 saturated heterocycles. The van der Waals surface area contributed by atoms with Crippen LogP contribution in [0, 0.1) is 5.82 Å². The SMILES string of the molecule is CCc1ccc(NCc2ccsc2)cc1F. The number of thiophene rings is 1. The zero-order chi connectivity index (χ0) is 11.4. The average molecular weight is 235 g/mol. The third-order valence-electron chi connectivity index (χ3n) is 2.51. The van der Waals surface area contributed by atoms with E-state index < -0.39 is 0 Å².